The van der Waals surface area contributed by atoms with E-state index in [1.807, 2.05) is 53.6 Å². The molecule has 270 valence electrons. The number of hydrogen-bond donors (Lipinski definition) is 2. The highest BCUT2D eigenvalue weighted by Gasteiger charge is 2.24. The molecule has 0 saturated carbocycles. The molecule has 2 amide bonds. The van der Waals surface area contributed by atoms with Crippen LogP contribution in [0.25, 0.3) is 22.0 Å². The second-order valence-electron chi connectivity index (χ2n) is 14.9. The first-order valence-corrected chi connectivity index (χ1v) is 19.5. The van der Waals surface area contributed by atoms with Gasteiger partial charge in [-0.05, 0) is 128 Å². The third-order valence-corrected chi connectivity index (χ3v) is 11.4. The Balaban J connectivity index is 0.975. The molecule has 2 aliphatic rings. The summed E-state index contributed by atoms with van der Waals surface area (Å²) >= 11 is 0. The first-order chi connectivity index (χ1) is 25.6. The van der Waals surface area contributed by atoms with Gasteiger partial charge in [-0.2, -0.15) is 0 Å². The number of pyridine rings is 1. The highest BCUT2D eigenvalue weighted by molar-refractivity contribution is 5.95. The summed E-state index contributed by atoms with van der Waals surface area (Å²) in [4.78, 5) is 39.0. The zero-order valence-corrected chi connectivity index (χ0v) is 30.4. The maximum atomic E-state index is 13.8. The van der Waals surface area contributed by atoms with E-state index in [-0.39, 0.29) is 11.8 Å². The minimum absolute atomic E-state index is 0.134. The molecule has 7 rings (SSSR count). The summed E-state index contributed by atoms with van der Waals surface area (Å²) < 4.78 is 0. The van der Waals surface area contributed by atoms with E-state index in [1.165, 1.54) is 56.1 Å². The van der Waals surface area contributed by atoms with Gasteiger partial charge >= 0.3 is 0 Å². The molecule has 2 N–H and O–H groups in total. The minimum atomic E-state index is 0.134. The average molecular weight is 696 g/mol. The SMILES string of the molecule is O=C(CCc1c[nH]c2ccccc12)N(CCc1ccncc1)Cc1cccc(-c2cccc(C(=O)N3CCC(CCCC4CCNCC4)CC3)c2)c1. The highest BCUT2D eigenvalue weighted by Crippen LogP contribution is 2.28. The van der Waals surface area contributed by atoms with Crippen molar-refractivity contribution >= 4 is 22.7 Å². The van der Waals surface area contributed by atoms with Crippen LogP contribution in [0, 0.1) is 11.8 Å². The van der Waals surface area contributed by atoms with Gasteiger partial charge in [0.1, 0.15) is 0 Å². The molecular formula is C45H53N5O2. The number of aryl methyl sites for hydroxylation is 1. The molecule has 0 aliphatic carbocycles. The van der Waals surface area contributed by atoms with Crippen LogP contribution in [0.2, 0.25) is 0 Å². The zero-order valence-electron chi connectivity index (χ0n) is 30.4. The Morgan fingerprint density at radius 2 is 1.50 bits per heavy atom. The van der Waals surface area contributed by atoms with Gasteiger partial charge in [0.15, 0.2) is 0 Å². The number of nitrogens with one attached hydrogen (secondary N) is 2. The molecule has 2 fully saturated rings. The second-order valence-corrected chi connectivity index (χ2v) is 14.9. The largest absolute Gasteiger partial charge is 0.361 e. The number of likely N-dealkylation sites (tertiary alicyclic amines) is 1. The van der Waals surface area contributed by atoms with E-state index in [4.69, 9.17) is 0 Å². The summed E-state index contributed by atoms with van der Waals surface area (Å²) in [7, 11) is 0. The van der Waals surface area contributed by atoms with Crippen LogP contribution in [0.3, 0.4) is 0 Å². The lowest BCUT2D eigenvalue weighted by Gasteiger charge is -2.32. The van der Waals surface area contributed by atoms with Crippen LogP contribution in [0.4, 0.5) is 0 Å². The zero-order chi connectivity index (χ0) is 35.5. The summed E-state index contributed by atoms with van der Waals surface area (Å²) in [6, 6.07) is 28.8. The van der Waals surface area contributed by atoms with Crippen molar-refractivity contribution in [2.75, 3.05) is 32.7 Å². The van der Waals surface area contributed by atoms with Crippen LogP contribution in [-0.4, -0.2) is 64.3 Å². The molecule has 3 aromatic carbocycles. The summed E-state index contributed by atoms with van der Waals surface area (Å²) in [5.41, 5.74) is 7.33. The Hall–Kier alpha value is -4.75. The molecule has 7 nitrogen and oxygen atoms in total. The fourth-order valence-electron chi connectivity index (χ4n) is 8.22. The lowest BCUT2D eigenvalue weighted by molar-refractivity contribution is -0.131. The van der Waals surface area contributed by atoms with Gasteiger partial charge in [0.2, 0.25) is 5.91 Å². The molecule has 7 heteroatoms. The second kappa shape index (κ2) is 17.6. The van der Waals surface area contributed by atoms with E-state index < -0.39 is 0 Å². The molecule has 2 aliphatic heterocycles. The summed E-state index contributed by atoms with van der Waals surface area (Å²) in [5, 5.41) is 4.65. The van der Waals surface area contributed by atoms with E-state index in [0.29, 0.717) is 25.9 Å². The van der Waals surface area contributed by atoms with Crippen molar-refractivity contribution in [1.29, 1.82) is 0 Å². The smallest absolute Gasteiger partial charge is 0.253 e. The standard InChI is InChI=1S/C45H53N5O2/c51-44(15-14-41-32-48-43-13-2-1-12-42(41)43)50(29-22-36-18-25-47-26-19-36)33-37-8-4-9-38(30-37)39-10-5-11-40(31-39)45(52)49-27-20-35(21-28-49)7-3-6-34-16-23-46-24-17-34/h1-2,4-5,8-13,18-19,25-26,30-32,34-35,46,48H,3,6-7,14-17,20-24,27-29,33H2. The summed E-state index contributed by atoms with van der Waals surface area (Å²) in [5.74, 6) is 1.91. The number of carbonyl (C=O) groups excluding carboxylic acids is 2. The Kier molecular flexibility index (Phi) is 12.1. The molecule has 0 radical (unpaired) electrons. The predicted molar refractivity (Wildman–Crippen MR) is 210 cm³/mol. The monoisotopic (exact) mass is 695 g/mol. The molecule has 52 heavy (non-hydrogen) atoms. The van der Waals surface area contributed by atoms with Gasteiger partial charge in [-0.1, -0.05) is 67.8 Å². The van der Waals surface area contributed by atoms with Crippen LogP contribution in [0.15, 0.2) is 104 Å². The molecule has 0 atom stereocenters. The van der Waals surface area contributed by atoms with Crippen molar-refractivity contribution in [2.45, 2.75) is 70.8 Å². The van der Waals surface area contributed by atoms with Crippen molar-refractivity contribution in [3.05, 3.63) is 126 Å². The summed E-state index contributed by atoms with van der Waals surface area (Å²) in [6.07, 6.45) is 16.4. The number of nitrogens with zero attached hydrogens (tertiary/aromatic N) is 3. The van der Waals surface area contributed by atoms with Gasteiger partial charge in [0, 0.05) is 67.7 Å². The number of para-hydroxylation sites is 1. The molecule has 2 aromatic heterocycles. The van der Waals surface area contributed by atoms with E-state index in [1.54, 1.807) is 12.4 Å². The lowest BCUT2D eigenvalue weighted by atomic mass is 9.87. The van der Waals surface area contributed by atoms with Gasteiger partial charge in [-0.25, -0.2) is 0 Å². The molecule has 2 saturated heterocycles. The number of benzene rings is 3. The van der Waals surface area contributed by atoms with Crippen molar-refractivity contribution in [3.8, 4) is 11.1 Å². The Labute approximate surface area is 308 Å². The number of fused-ring (bicyclic) bond motifs is 1. The van der Waals surface area contributed by atoms with Gasteiger partial charge < -0.3 is 20.1 Å². The molecule has 5 aromatic rings. The maximum absolute atomic E-state index is 13.8. The predicted octanol–water partition coefficient (Wildman–Crippen LogP) is 8.46. The third-order valence-electron chi connectivity index (χ3n) is 11.4. The number of hydrogen-bond acceptors (Lipinski definition) is 4. The Bertz CT molecular complexity index is 1910. The molecular weight excluding hydrogens is 643 g/mol. The Morgan fingerprint density at radius 3 is 2.31 bits per heavy atom. The Morgan fingerprint density at radius 1 is 0.769 bits per heavy atom. The fourth-order valence-corrected chi connectivity index (χ4v) is 8.22. The van der Waals surface area contributed by atoms with E-state index >= 15 is 0 Å². The fraction of sp³-hybridized carbons (Fsp3) is 0.400. The third kappa shape index (κ3) is 9.37. The van der Waals surface area contributed by atoms with Crippen LogP contribution in [-0.2, 0) is 24.2 Å². The van der Waals surface area contributed by atoms with Crippen LogP contribution in [0.1, 0.15) is 78.4 Å². The van der Waals surface area contributed by atoms with Crippen molar-refractivity contribution in [1.82, 2.24) is 25.1 Å². The maximum Gasteiger partial charge on any atom is 0.253 e. The number of aromatic amines is 1. The van der Waals surface area contributed by atoms with Gasteiger partial charge in [0.25, 0.3) is 5.91 Å². The van der Waals surface area contributed by atoms with Crippen LogP contribution >= 0.6 is 0 Å². The quantitative estimate of drug-likeness (QED) is 0.122. The summed E-state index contributed by atoms with van der Waals surface area (Å²) in [6.45, 7) is 5.20. The van der Waals surface area contributed by atoms with Gasteiger partial charge in [-0.15, -0.1) is 0 Å². The molecule has 0 spiro atoms. The topological polar surface area (TPSA) is 81.3 Å². The van der Waals surface area contributed by atoms with E-state index in [0.717, 1.165) is 77.5 Å². The van der Waals surface area contributed by atoms with Crippen molar-refractivity contribution in [3.63, 3.8) is 0 Å². The first kappa shape index (κ1) is 35.6. The molecule has 4 heterocycles. The molecule has 0 unspecified atom stereocenters. The number of carbonyl (C=O) groups is 2. The van der Waals surface area contributed by atoms with Crippen molar-refractivity contribution in [2.24, 2.45) is 11.8 Å². The number of rotatable bonds is 14. The van der Waals surface area contributed by atoms with Gasteiger partial charge in [-0.3, -0.25) is 14.6 Å². The average Bonchev–Trinajstić information content (AvgIpc) is 3.62. The van der Waals surface area contributed by atoms with E-state index in [9.17, 15) is 9.59 Å². The van der Waals surface area contributed by atoms with Crippen molar-refractivity contribution < 1.29 is 9.59 Å². The van der Waals surface area contributed by atoms with E-state index in [2.05, 4.69) is 62.6 Å². The number of aromatic nitrogens is 2. The first-order valence-electron chi connectivity index (χ1n) is 19.5. The van der Waals surface area contributed by atoms with Gasteiger partial charge in [0.05, 0.1) is 0 Å². The normalized spacial score (nSPS) is 15.6. The number of piperidine rings is 2. The number of H-pyrrole nitrogens is 1. The number of amides is 2. The van der Waals surface area contributed by atoms with Crippen LogP contribution in [0.5, 0.6) is 0 Å². The lowest BCUT2D eigenvalue weighted by Crippen LogP contribution is -2.38. The van der Waals surface area contributed by atoms with Crippen LogP contribution < -0.4 is 5.32 Å². The highest BCUT2D eigenvalue weighted by atomic mass is 16.2. The minimum Gasteiger partial charge on any atom is -0.361 e. The molecule has 0 bridgehead atoms.